The third-order valence-corrected chi connectivity index (χ3v) is 3.60. The Morgan fingerprint density at radius 1 is 1.10 bits per heavy atom. The van der Waals surface area contributed by atoms with E-state index in [1.807, 2.05) is 4.90 Å². The van der Waals surface area contributed by atoms with Gasteiger partial charge < -0.3 is 15.5 Å². The van der Waals surface area contributed by atoms with Crippen LogP contribution in [0.1, 0.15) is 24.4 Å². The molecule has 0 saturated carbocycles. The molecule has 0 amide bonds. The standard InChI is InChI=1S/C14H19F3N2O2/c15-14(16,17)2-1-13(19-5-3-18-4-6-19)10-7-11(20)9-12(21)8-10/h7-9,13,18,20-21H,1-6H2/t13-/m1/s1. The molecule has 0 unspecified atom stereocenters. The van der Waals surface area contributed by atoms with Crippen LogP contribution in [0.3, 0.4) is 0 Å². The van der Waals surface area contributed by atoms with Crippen LogP contribution in [-0.2, 0) is 0 Å². The predicted molar refractivity (Wildman–Crippen MR) is 72.2 cm³/mol. The number of alkyl halides is 3. The summed E-state index contributed by atoms with van der Waals surface area (Å²) in [5.74, 6) is -0.283. The Balaban J connectivity index is 2.21. The lowest BCUT2D eigenvalue weighted by atomic mass is 9.98. The number of piperazine rings is 1. The van der Waals surface area contributed by atoms with Crippen LogP contribution in [0.25, 0.3) is 0 Å². The summed E-state index contributed by atoms with van der Waals surface area (Å²) in [4.78, 5) is 1.95. The van der Waals surface area contributed by atoms with Gasteiger partial charge in [-0.05, 0) is 24.1 Å². The highest BCUT2D eigenvalue weighted by molar-refractivity contribution is 5.38. The number of aromatic hydroxyl groups is 2. The largest absolute Gasteiger partial charge is 0.508 e. The minimum Gasteiger partial charge on any atom is -0.508 e. The maximum atomic E-state index is 12.5. The molecule has 2 rings (SSSR count). The first kappa shape index (κ1) is 15.9. The second-order valence-electron chi connectivity index (χ2n) is 5.24. The first-order chi connectivity index (χ1) is 9.85. The van der Waals surface area contributed by atoms with E-state index in [1.165, 1.54) is 18.2 Å². The molecule has 118 valence electrons. The third kappa shape index (κ3) is 4.78. The van der Waals surface area contributed by atoms with Crippen molar-refractivity contribution in [2.24, 2.45) is 0 Å². The second-order valence-corrected chi connectivity index (χ2v) is 5.24. The van der Waals surface area contributed by atoms with Crippen LogP contribution in [0.2, 0.25) is 0 Å². The molecule has 1 fully saturated rings. The summed E-state index contributed by atoms with van der Waals surface area (Å²) in [7, 11) is 0. The Morgan fingerprint density at radius 2 is 1.67 bits per heavy atom. The van der Waals surface area contributed by atoms with Gasteiger partial charge in [-0.2, -0.15) is 13.2 Å². The normalized spacial score (nSPS) is 18.6. The minimum atomic E-state index is -4.22. The highest BCUT2D eigenvalue weighted by Gasteiger charge is 2.31. The van der Waals surface area contributed by atoms with Gasteiger partial charge in [0.25, 0.3) is 0 Å². The zero-order valence-electron chi connectivity index (χ0n) is 11.5. The van der Waals surface area contributed by atoms with Gasteiger partial charge in [0.2, 0.25) is 0 Å². The van der Waals surface area contributed by atoms with Gasteiger partial charge in [0.15, 0.2) is 0 Å². The van der Waals surface area contributed by atoms with E-state index in [2.05, 4.69) is 5.32 Å². The highest BCUT2D eigenvalue weighted by atomic mass is 19.4. The van der Waals surface area contributed by atoms with Gasteiger partial charge in [-0.3, -0.25) is 4.90 Å². The third-order valence-electron chi connectivity index (χ3n) is 3.60. The lowest BCUT2D eigenvalue weighted by Crippen LogP contribution is -2.45. The minimum absolute atomic E-state index is 0.0909. The summed E-state index contributed by atoms with van der Waals surface area (Å²) in [6.07, 6.45) is -5.20. The Bertz CT molecular complexity index is 454. The van der Waals surface area contributed by atoms with Crippen LogP contribution in [0, 0.1) is 0 Å². The monoisotopic (exact) mass is 304 g/mol. The molecule has 1 aliphatic rings. The van der Waals surface area contributed by atoms with Gasteiger partial charge in [-0.1, -0.05) is 0 Å². The topological polar surface area (TPSA) is 55.7 Å². The Hall–Kier alpha value is -1.47. The van der Waals surface area contributed by atoms with Crippen molar-refractivity contribution in [3.8, 4) is 11.5 Å². The lowest BCUT2D eigenvalue weighted by Gasteiger charge is -2.35. The first-order valence-corrected chi connectivity index (χ1v) is 6.89. The molecule has 7 heteroatoms. The van der Waals surface area contributed by atoms with Crippen molar-refractivity contribution >= 4 is 0 Å². The summed E-state index contributed by atoms with van der Waals surface area (Å²) in [6.45, 7) is 2.71. The van der Waals surface area contributed by atoms with Gasteiger partial charge >= 0.3 is 6.18 Å². The first-order valence-electron chi connectivity index (χ1n) is 6.89. The predicted octanol–water partition coefficient (Wildman–Crippen LogP) is 2.39. The smallest absolute Gasteiger partial charge is 0.389 e. The summed E-state index contributed by atoms with van der Waals surface area (Å²) in [5.41, 5.74) is 0.513. The maximum absolute atomic E-state index is 12.5. The fourth-order valence-corrected chi connectivity index (χ4v) is 2.66. The molecule has 0 spiro atoms. The Labute approximate surface area is 121 Å². The van der Waals surface area contributed by atoms with E-state index in [1.54, 1.807) is 0 Å². The molecular weight excluding hydrogens is 285 g/mol. The van der Waals surface area contributed by atoms with E-state index in [9.17, 15) is 23.4 Å². The molecule has 21 heavy (non-hydrogen) atoms. The van der Waals surface area contributed by atoms with Crippen LogP contribution in [-0.4, -0.2) is 47.5 Å². The zero-order chi connectivity index (χ0) is 15.5. The van der Waals surface area contributed by atoms with Crippen LogP contribution < -0.4 is 5.32 Å². The fraction of sp³-hybridized carbons (Fsp3) is 0.571. The maximum Gasteiger partial charge on any atom is 0.389 e. The Morgan fingerprint density at radius 3 is 2.19 bits per heavy atom. The van der Waals surface area contributed by atoms with Gasteiger partial charge in [-0.15, -0.1) is 0 Å². The van der Waals surface area contributed by atoms with Crippen molar-refractivity contribution < 1.29 is 23.4 Å². The van der Waals surface area contributed by atoms with Crippen molar-refractivity contribution in [2.75, 3.05) is 26.2 Å². The molecule has 1 aliphatic heterocycles. The van der Waals surface area contributed by atoms with Gasteiger partial charge in [0, 0.05) is 44.7 Å². The van der Waals surface area contributed by atoms with Crippen LogP contribution >= 0.6 is 0 Å². The summed E-state index contributed by atoms with van der Waals surface area (Å²) >= 11 is 0. The number of rotatable bonds is 4. The van der Waals surface area contributed by atoms with E-state index in [4.69, 9.17) is 0 Å². The quantitative estimate of drug-likeness (QED) is 0.799. The molecule has 1 aromatic rings. The average molecular weight is 304 g/mol. The van der Waals surface area contributed by atoms with Crippen molar-refractivity contribution in [3.05, 3.63) is 23.8 Å². The average Bonchev–Trinajstić information content (AvgIpc) is 2.37. The second kappa shape index (κ2) is 6.53. The Kier molecular flexibility index (Phi) is 4.95. The molecule has 1 saturated heterocycles. The van der Waals surface area contributed by atoms with E-state index >= 15 is 0 Å². The van der Waals surface area contributed by atoms with Crippen molar-refractivity contribution in [3.63, 3.8) is 0 Å². The number of phenolic OH excluding ortho intramolecular Hbond substituents is 2. The molecule has 1 heterocycles. The molecule has 4 nitrogen and oxygen atoms in total. The van der Waals surface area contributed by atoms with Crippen LogP contribution in [0.4, 0.5) is 13.2 Å². The lowest BCUT2D eigenvalue weighted by molar-refractivity contribution is -0.138. The van der Waals surface area contributed by atoms with Crippen molar-refractivity contribution in [1.82, 2.24) is 10.2 Å². The number of nitrogens with one attached hydrogen (secondary N) is 1. The summed E-state index contributed by atoms with van der Waals surface area (Å²) in [6, 6.07) is 3.54. The van der Waals surface area contributed by atoms with Crippen molar-refractivity contribution in [2.45, 2.75) is 25.1 Å². The molecule has 0 aromatic heterocycles. The molecule has 0 radical (unpaired) electrons. The summed E-state index contributed by atoms with van der Waals surface area (Å²) in [5, 5.41) is 22.3. The van der Waals surface area contributed by atoms with Crippen molar-refractivity contribution in [1.29, 1.82) is 0 Å². The van der Waals surface area contributed by atoms with E-state index in [-0.39, 0.29) is 17.9 Å². The molecule has 3 N–H and O–H groups in total. The fourth-order valence-electron chi connectivity index (χ4n) is 2.66. The van der Waals surface area contributed by atoms with E-state index in [0.29, 0.717) is 31.7 Å². The van der Waals surface area contributed by atoms with E-state index in [0.717, 1.165) is 0 Å². The molecule has 1 atom stereocenters. The molecule has 0 bridgehead atoms. The van der Waals surface area contributed by atoms with E-state index < -0.39 is 18.6 Å². The number of benzene rings is 1. The number of hydrogen-bond donors (Lipinski definition) is 3. The van der Waals surface area contributed by atoms with Crippen LogP contribution in [0.5, 0.6) is 11.5 Å². The number of nitrogens with zero attached hydrogens (tertiary/aromatic N) is 1. The highest BCUT2D eigenvalue weighted by Crippen LogP contribution is 2.34. The van der Waals surface area contributed by atoms with Crippen LogP contribution in [0.15, 0.2) is 18.2 Å². The molecular formula is C14H19F3N2O2. The van der Waals surface area contributed by atoms with Gasteiger partial charge in [-0.25, -0.2) is 0 Å². The number of phenols is 2. The molecule has 0 aliphatic carbocycles. The molecule has 1 aromatic carbocycles. The summed E-state index contributed by atoms with van der Waals surface area (Å²) < 4.78 is 37.6. The number of hydrogen-bond acceptors (Lipinski definition) is 4. The zero-order valence-corrected chi connectivity index (χ0v) is 11.5. The SMILES string of the molecule is Oc1cc(O)cc([C@@H](CCC(F)(F)F)N2CCNCC2)c1. The number of halogens is 3. The van der Waals surface area contributed by atoms with Gasteiger partial charge in [0.05, 0.1) is 0 Å². The van der Waals surface area contributed by atoms with Gasteiger partial charge in [0.1, 0.15) is 11.5 Å².